The van der Waals surface area contributed by atoms with E-state index in [0.717, 1.165) is 17.5 Å². The third-order valence-corrected chi connectivity index (χ3v) is 5.05. The molecule has 0 fully saturated rings. The number of fused-ring (bicyclic) bond motifs is 1. The summed E-state index contributed by atoms with van der Waals surface area (Å²) >= 11 is 1.95. The first-order valence-electron chi connectivity index (χ1n) is 7.17. The summed E-state index contributed by atoms with van der Waals surface area (Å²) in [6.07, 6.45) is 7.14. The number of aryl methyl sites for hydroxylation is 1. The summed E-state index contributed by atoms with van der Waals surface area (Å²) in [5, 5.41) is 4.47. The maximum Gasteiger partial charge on any atom is 0.119 e. The molecule has 0 radical (unpaired) electrons. The van der Waals surface area contributed by atoms with Crippen molar-refractivity contribution < 1.29 is 4.74 Å². The van der Waals surface area contributed by atoms with Crippen LogP contribution in [0.25, 0.3) is 0 Å². The van der Waals surface area contributed by atoms with Gasteiger partial charge in [-0.05, 0) is 61.7 Å². The molecule has 19 heavy (non-hydrogen) atoms. The third-order valence-electron chi connectivity index (χ3n) is 4.01. The summed E-state index contributed by atoms with van der Waals surface area (Å²) in [5.74, 6) is 0.982. The van der Waals surface area contributed by atoms with Gasteiger partial charge in [-0.15, -0.1) is 0 Å². The van der Waals surface area contributed by atoms with Gasteiger partial charge in [-0.3, -0.25) is 0 Å². The molecule has 0 amide bonds. The molecule has 0 heterocycles. The fraction of sp³-hybridized carbons (Fsp3) is 0.625. The van der Waals surface area contributed by atoms with Gasteiger partial charge < -0.3 is 10.1 Å². The van der Waals surface area contributed by atoms with Gasteiger partial charge in [0.25, 0.3) is 0 Å². The van der Waals surface area contributed by atoms with E-state index in [1.165, 1.54) is 36.8 Å². The van der Waals surface area contributed by atoms with E-state index in [4.69, 9.17) is 4.74 Å². The van der Waals surface area contributed by atoms with Crippen LogP contribution in [0.5, 0.6) is 5.75 Å². The van der Waals surface area contributed by atoms with E-state index >= 15 is 0 Å². The first kappa shape index (κ1) is 14.7. The lowest BCUT2D eigenvalue weighted by Crippen LogP contribution is -2.27. The molecule has 0 aliphatic heterocycles. The van der Waals surface area contributed by atoms with Crippen LogP contribution in [-0.2, 0) is 6.42 Å². The van der Waals surface area contributed by atoms with Crippen LogP contribution in [0, 0.1) is 0 Å². The molecule has 2 unspecified atom stereocenters. The van der Waals surface area contributed by atoms with E-state index in [1.807, 2.05) is 11.8 Å². The molecule has 3 heteroatoms. The molecule has 1 aliphatic rings. The minimum Gasteiger partial charge on any atom is -0.497 e. The molecular weight excluding hydrogens is 254 g/mol. The van der Waals surface area contributed by atoms with Crippen molar-refractivity contribution in [2.45, 2.75) is 43.9 Å². The van der Waals surface area contributed by atoms with Crippen LogP contribution in [0.2, 0.25) is 0 Å². The number of rotatable bonds is 6. The van der Waals surface area contributed by atoms with Crippen molar-refractivity contribution in [3.63, 3.8) is 0 Å². The average Bonchev–Trinajstić information content (AvgIpc) is 2.46. The number of hydrogen-bond acceptors (Lipinski definition) is 3. The highest BCUT2D eigenvalue weighted by atomic mass is 32.2. The second-order valence-corrected chi connectivity index (χ2v) is 6.57. The van der Waals surface area contributed by atoms with Crippen molar-refractivity contribution in [2.75, 3.05) is 19.9 Å². The van der Waals surface area contributed by atoms with E-state index < -0.39 is 0 Å². The zero-order chi connectivity index (χ0) is 13.7. The molecule has 1 aromatic rings. The number of benzene rings is 1. The molecule has 0 saturated carbocycles. The predicted octanol–water partition coefficient (Wildman–Crippen LogP) is 3.80. The molecular formula is C16H25NOS. The first-order chi connectivity index (χ1) is 9.24. The van der Waals surface area contributed by atoms with Crippen LogP contribution in [-0.4, -0.2) is 25.2 Å². The Labute approximate surface area is 121 Å². The molecule has 0 bridgehead atoms. The molecule has 106 valence electrons. The number of ether oxygens (including phenoxy) is 1. The van der Waals surface area contributed by atoms with Crippen molar-refractivity contribution in [3.8, 4) is 5.75 Å². The smallest absolute Gasteiger partial charge is 0.119 e. The van der Waals surface area contributed by atoms with Crippen molar-refractivity contribution in [1.82, 2.24) is 5.32 Å². The molecule has 0 spiro atoms. The fourth-order valence-electron chi connectivity index (χ4n) is 2.71. The summed E-state index contributed by atoms with van der Waals surface area (Å²) in [5.41, 5.74) is 2.94. The number of nitrogens with one attached hydrogen (secondary N) is 1. The Balaban J connectivity index is 1.97. The first-order valence-corrected chi connectivity index (χ1v) is 8.46. The largest absolute Gasteiger partial charge is 0.497 e. The molecule has 2 nitrogen and oxygen atoms in total. The highest BCUT2D eigenvalue weighted by Gasteiger charge is 2.20. The average molecular weight is 279 g/mol. The Kier molecular flexibility index (Phi) is 5.59. The Morgan fingerprint density at radius 2 is 2.32 bits per heavy atom. The van der Waals surface area contributed by atoms with Gasteiger partial charge in [0.2, 0.25) is 0 Å². The second kappa shape index (κ2) is 7.20. The van der Waals surface area contributed by atoms with Gasteiger partial charge in [0, 0.05) is 11.3 Å². The highest BCUT2D eigenvalue weighted by molar-refractivity contribution is 7.99. The van der Waals surface area contributed by atoms with Crippen molar-refractivity contribution in [1.29, 1.82) is 0 Å². The second-order valence-electron chi connectivity index (χ2n) is 5.30. The minimum atomic E-state index is 0.531. The van der Waals surface area contributed by atoms with E-state index in [2.05, 4.69) is 36.7 Å². The molecule has 2 rings (SSSR count). The summed E-state index contributed by atoms with van der Waals surface area (Å²) in [6.45, 7) is 3.41. The number of methoxy groups -OCH3 is 1. The monoisotopic (exact) mass is 279 g/mol. The van der Waals surface area contributed by atoms with Crippen LogP contribution in [0.3, 0.4) is 0 Å². The van der Waals surface area contributed by atoms with E-state index in [0.29, 0.717) is 6.04 Å². The van der Waals surface area contributed by atoms with Crippen LogP contribution < -0.4 is 10.1 Å². The number of thioether (sulfide) groups is 1. The Morgan fingerprint density at radius 1 is 1.47 bits per heavy atom. The van der Waals surface area contributed by atoms with Crippen LogP contribution in [0.1, 0.15) is 43.4 Å². The third kappa shape index (κ3) is 3.90. The lowest BCUT2D eigenvalue weighted by molar-refractivity contribution is 0.410. The maximum absolute atomic E-state index is 5.32. The van der Waals surface area contributed by atoms with Gasteiger partial charge in [-0.2, -0.15) is 11.8 Å². The number of hydrogen-bond donors (Lipinski definition) is 1. The fourth-order valence-corrected chi connectivity index (χ4v) is 3.06. The van der Waals surface area contributed by atoms with Crippen molar-refractivity contribution in [3.05, 3.63) is 29.3 Å². The standard InChI is InChI=1S/C16H25NOS/c1-12(19-3)9-10-17-16-6-4-5-13-11-14(18-2)7-8-15(13)16/h7-8,11-12,16-17H,4-6,9-10H2,1-3H3. The molecule has 1 aliphatic carbocycles. The SMILES string of the molecule is COc1ccc2c(c1)CCCC2NCCC(C)SC. The Hall–Kier alpha value is -0.670. The van der Waals surface area contributed by atoms with Crippen molar-refractivity contribution in [2.24, 2.45) is 0 Å². The van der Waals surface area contributed by atoms with Crippen LogP contribution >= 0.6 is 11.8 Å². The minimum absolute atomic E-state index is 0.531. The molecule has 0 saturated heterocycles. The van der Waals surface area contributed by atoms with Gasteiger partial charge >= 0.3 is 0 Å². The normalized spacial score (nSPS) is 19.8. The van der Waals surface area contributed by atoms with Crippen LogP contribution in [0.4, 0.5) is 0 Å². The Morgan fingerprint density at radius 3 is 3.05 bits per heavy atom. The van der Waals surface area contributed by atoms with Gasteiger partial charge in [-0.25, -0.2) is 0 Å². The summed E-state index contributed by atoms with van der Waals surface area (Å²) in [7, 11) is 1.74. The predicted molar refractivity (Wildman–Crippen MR) is 84.3 cm³/mol. The maximum atomic E-state index is 5.32. The van der Waals surface area contributed by atoms with Crippen molar-refractivity contribution >= 4 is 11.8 Å². The van der Waals surface area contributed by atoms with E-state index in [1.54, 1.807) is 7.11 Å². The van der Waals surface area contributed by atoms with Gasteiger partial charge in [0.1, 0.15) is 5.75 Å². The quantitative estimate of drug-likeness (QED) is 0.855. The van der Waals surface area contributed by atoms with Gasteiger partial charge in [-0.1, -0.05) is 13.0 Å². The topological polar surface area (TPSA) is 21.3 Å². The van der Waals surface area contributed by atoms with E-state index in [-0.39, 0.29) is 0 Å². The highest BCUT2D eigenvalue weighted by Crippen LogP contribution is 2.32. The van der Waals surface area contributed by atoms with Crippen LogP contribution in [0.15, 0.2) is 18.2 Å². The summed E-state index contributed by atoms with van der Waals surface area (Å²) in [6, 6.07) is 7.06. The van der Waals surface area contributed by atoms with Gasteiger partial charge in [0.15, 0.2) is 0 Å². The summed E-state index contributed by atoms with van der Waals surface area (Å²) < 4.78 is 5.32. The lowest BCUT2D eigenvalue weighted by Gasteiger charge is -2.27. The molecule has 0 aromatic heterocycles. The zero-order valence-electron chi connectivity index (χ0n) is 12.2. The zero-order valence-corrected chi connectivity index (χ0v) is 13.1. The lowest BCUT2D eigenvalue weighted by atomic mass is 9.87. The van der Waals surface area contributed by atoms with E-state index in [9.17, 15) is 0 Å². The molecule has 1 aromatic carbocycles. The molecule has 1 N–H and O–H groups in total. The summed E-state index contributed by atoms with van der Waals surface area (Å²) in [4.78, 5) is 0. The van der Waals surface area contributed by atoms with Gasteiger partial charge in [0.05, 0.1) is 7.11 Å². The molecule has 2 atom stereocenters. The Bertz CT molecular complexity index is 408.